The largest absolute Gasteiger partial charge is 0.498 e. The van der Waals surface area contributed by atoms with Crippen LogP contribution in [0.2, 0.25) is 0 Å². The molecule has 118 heavy (non-hydrogen) atoms. The first kappa shape index (κ1) is 91.3. The van der Waals surface area contributed by atoms with Crippen molar-refractivity contribution in [1.82, 2.24) is 51.1 Å². The minimum Gasteiger partial charge on any atom is -0.498 e. The molecule has 7 N–H and O–H groups in total. The highest BCUT2D eigenvalue weighted by molar-refractivity contribution is 5.99. The Morgan fingerprint density at radius 3 is 1.27 bits per heavy atom. The summed E-state index contributed by atoms with van der Waals surface area (Å²) in [6.45, 7) is 40.7. The van der Waals surface area contributed by atoms with Crippen LogP contribution in [0.1, 0.15) is 140 Å². The smallest absolute Gasteiger partial charge is 0.388 e. The van der Waals surface area contributed by atoms with Crippen LogP contribution in [-0.4, -0.2) is 197 Å². The van der Waals surface area contributed by atoms with Gasteiger partial charge in [0.05, 0.1) is 20.2 Å². The molecule has 33 nitrogen and oxygen atoms in total. The third kappa shape index (κ3) is 23.6. The summed E-state index contributed by atoms with van der Waals surface area (Å²) in [5, 5.41) is 95.8. The summed E-state index contributed by atoms with van der Waals surface area (Å²) >= 11 is 0. The van der Waals surface area contributed by atoms with E-state index in [1.807, 2.05) is 134 Å². The van der Waals surface area contributed by atoms with Gasteiger partial charge >= 0.3 is 66.6 Å². The van der Waals surface area contributed by atoms with Gasteiger partial charge in [0.25, 0.3) is 0 Å². The SMILES string of the molecule is COc1cc(C#[N+][O-])ccc1OCCN1CCNC1=O.Cc1cc(C)c(C(=O)CCCN2CCNC2=O)c(C)c1C#[N+][O-].Cc1cc(C)c(N(CCN2CCNC2=O)c2c(C)cc(C)c(C#[N+]O)c2C)c(C)c1C#[N+][O-].Cc1cc(C)c(NCCN2CCNC2=O)c(C)c1C#[N+][O-].Cc1cc(C)c(OCCN2CCNC2=O)c(C)c1C#[N+][O-]. The number of hydrogen-bond donors (Lipinski definition) is 7. The van der Waals surface area contributed by atoms with Crippen molar-refractivity contribution in [3.63, 3.8) is 0 Å². The Morgan fingerprint density at radius 1 is 0.441 bits per heavy atom. The van der Waals surface area contributed by atoms with E-state index in [0.717, 1.165) is 124 Å². The van der Waals surface area contributed by atoms with Crippen LogP contribution in [0.4, 0.5) is 41.0 Å². The van der Waals surface area contributed by atoms with Gasteiger partial charge in [0.1, 0.15) is 52.3 Å². The average Bonchev–Trinajstić information content (AvgIpc) is 0.868. The number of methoxy groups -OCH3 is 1. The Balaban J connectivity index is 0.000000207. The minimum absolute atomic E-state index is 0.0124. The molecule has 0 spiro atoms. The number of rotatable bonds is 23. The van der Waals surface area contributed by atoms with E-state index in [0.29, 0.717) is 170 Å². The molecule has 0 aliphatic carbocycles. The summed E-state index contributed by atoms with van der Waals surface area (Å²) in [5.41, 5.74) is 21.5. The number of nitrogens with one attached hydrogen (secondary N) is 6. The number of hydrogen-bond acceptors (Lipinski definition) is 17. The van der Waals surface area contributed by atoms with Crippen LogP contribution < -0.4 is 51.0 Å². The van der Waals surface area contributed by atoms with Crippen molar-refractivity contribution < 1.29 is 48.2 Å². The molecule has 0 radical (unpaired) electrons. The van der Waals surface area contributed by atoms with E-state index in [2.05, 4.69) is 103 Å². The van der Waals surface area contributed by atoms with Crippen LogP contribution in [0.15, 0.2) is 48.5 Å². The number of nitrogens with zero attached hydrogens (tertiary/aromatic N) is 12. The van der Waals surface area contributed by atoms with Gasteiger partial charge in [-0.15, -0.1) is 0 Å². The Hall–Kier alpha value is -13.9. The number of benzene rings is 6. The summed E-state index contributed by atoms with van der Waals surface area (Å²) in [5.74, 6) is 1.79. The van der Waals surface area contributed by atoms with Crippen molar-refractivity contribution in [2.24, 2.45) is 0 Å². The zero-order valence-corrected chi connectivity index (χ0v) is 70.0. The highest BCUT2D eigenvalue weighted by atomic mass is 16.5. The van der Waals surface area contributed by atoms with Crippen molar-refractivity contribution in [2.45, 2.75) is 117 Å². The van der Waals surface area contributed by atoms with E-state index in [1.54, 1.807) is 42.7 Å². The topological polar surface area (TPSA) is 383 Å². The fourth-order valence-corrected chi connectivity index (χ4v) is 15.2. The monoisotopic (exact) mass is 1620 g/mol. The fraction of sp³-hybridized carbons (Fsp3) is 0.435. The summed E-state index contributed by atoms with van der Waals surface area (Å²) in [6, 6.07) is 29.5. The van der Waals surface area contributed by atoms with Crippen LogP contribution in [0.5, 0.6) is 17.2 Å². The van der Waals surface area contributed by atoms with E-state index in [-0.39, 0.29) is 35.9 Å². The van der Waals surface area contributed by atoms with Crippen LogP contribution in [0.3, 0.4) is 0 Å². The molecule has 33 heteroatoms. The maximum atomic E-state index is 12.6. The predicted molar refractivity (Wildman–Crippen MR) is 458 cm³/mol. The lowest BCUT2D eigenvalue weighted by Crippen LogP contribution is -2.36. The lowest BCUT2D eigenvalue weighted by atomic mass is 9.90. The van der Waals surface area contributed by atoms with Gasteiger partial charge in [-0.2, -0.15) is 5.21 Å². The van der Waals surface area contributed by atoms with E-state index in [9.17, 15) is 60.0 Å². The summed E-state index contributed by atoms with van der Waals surface area (Å²) in [6.07, 6.45) is 0.982. The van der Waals surface area contributed by atoms with Gasteiger partial charge in [-0.25, -0.2) is 24.0 Å². The Morgan fingerprint density at radius 2 is 0.831 bits per heavy atom. The predicted octanol–water partition coefficient (Wildman–Crippen LogP) is 13.4. The zero-order chi connectivity index (χ0) is 86.4. The number of carbonyl (C=O) groups is 6. The van der Waals surface area contributed by atoms with E-state index in [1.165, 1.54) is 7.11 Å². The van der Waals surface area contributed by atoms with Crippen molar-refractivity contribution in [2.75, 3.05) is 142 Å². The van der Waals surface area contributed by atoms with Gasteiger partial charge in [-0.05, 0) is 200 Å². The van der Waals surface area contributed by atoms with Gasteiger partial charge in [0.15, 0.2) is 17.3 Å². The number of urea groups is 5. The minimum atomic E-state index is -0.0721. The number of carbonyl (C=O) groups excluding carboxylic acids is 6. The first-order valence-corrected chi connectivity index (χ1v) is 38.7. The second kappa shape index (κ2) is 44.1. The number of ketones is 1. The molecule has 0 aromatic heterocycles. The lowest BCUT2D eigenvalue weighted by molar-refractivity contribution is 0.0975. The Labute approximate surface area is 688 Å². The first-order chi connectivity index (χ1) is 56.5. The Bertz CT molecular complexity index is 4970. The van der Waals surface area contributed by atoms with E-state index < -0.39 is 0 Å². The van der Waals surface area contributed by atoms with Crippen LogP contribution >= 0.6 is 0 Å². The summed E-state index contributed by atoms with van der Waals surface area (Å²) in [4.78, 5) is 81.3. The molecular weight excluding hydrogens is 1510 g/mol. The molecule has 5 aliphatic heterocycles. The van der Waals surface area contributed by atoms with Gasteiger partial charge in [0.2, 0.25) is 5.01 Å². The van der Waals surface area contributed by atoms with Crippen LogP contribution in [0, 0.1) is 166 Å². The molecule has 0 atom stereocenters. The molecule has 10 amide bonds. The normalized spacial score (nSPS) is 13.3. The molecule has 0 saturated carbocycles. The van der Waals surface area contributed by atoms with Gasteiger partial charge in [0, 0.05) is 164 Å². The van der Waals surface area contributed by atoms with E-state index in [4.69, 9.17) is 14.2 Å². The second-order valence-corrected chi connectivity index (χ2v) is 28.8. The van der Waals surface area contributed by atoms with Crippen molar-refractivity contribution in [3.05, 3.63) is 227 Å². The number of anilines is 3. The average molecular weight is 1620 g/mol. The maximum Gasteiger partial charge on any atom is 0.388 e. The van der Waals surface area contributed by atoms with Crippen molar-refractivity contribution >= 4 is 53.0 Å². The third-order valence-electron chi connectivity index (χ3n) is 20.7. The van der Waals surface area contributed by atoms with Crippen molar-refractivity contribution in [1.29, 1.82) is 0 Å². The van der Waals surface area contributed by atoms with Crippen LogP contribution in [0.25, 0.3) is 30.0 Å². The van der Waals surface area contributed by atoms with Gasteiger partial charge < -0.3 is 102 Å². The molecule has 5 fully saturated rings. The number of amides is 10. The molecule has 5 saturated heterocycles. The van der Waals surface area contributed by atoms with Crippen molar-refractivity contribution in [3.8, 4) is 53.7 Å². The molecule has 5 heterocycles. The molecule has 0 bridgehead atoms. The number of aryl methyl sites for hydroxylation is 10. The van der Waals surface area contributed by atoms with Gasteiger partial charge in [-0.3, -0.25) is 4.79 Å². The molecule has 6 aromatic rings. The number of ether oxygens (including phenoxy) is 3. The lowest BCUT2D eigenvalue weighted by Gasteiger charge is -2.33. The summed E-state index contributed by atoms with van der Waals surface area (Å²) < 4.78 is 16.6. The fourth-order valence-electron chi connectivity index (χ4n) is 15.2. The Kier molecular flexibility index (Phi) is 34.1. The molecule has 5 aliphatic rings. The highest BCUT2D eigenvalue weighted by Crippen LogP contribution is 2.40. The quantitative estimate of drug-likeness (QED) is 0.0231. The molecular formula is C85H105N18O15+. The second-order valence-electron chi connectivity index (χ2n) is 28.8. The van der Waals surface area contributed by atoms with Gasteiger partial charge in [-0.1, -0.05) is 30.3 Å². The molecule has 0 unspecified atom stereocenters. The summed E-state index contributed by atoms with van der Waals surface area (Å²) in [7, 11) is 1.51. The number of Topliss-reactive ketones (excluding diaryl/α,β-unsaturated/α-hetero) is 1. The molecule has 624 valence electrons. The third-order valence-corrected chi connectivity index (χ3v) is 20.7. The maximum absolute atomic E-state index is 12.6. The first-order valence-electron chi connectivity index (χ1n) is 38.7. The highest BCUT2D eigenvalue weighted by Gasteiger charge is 2.30. The molecule has 6 aromatic carbocycles. The standard InChI is InChI=1S/C25H29N5O3.C17H21N3O3.C15H20N4O2.C15H19N3O3.C13H15N3O4/c1-15-11-17(3)23(19(5)21(15)13-27-32)30(10-9-29-8-7-26-25(29)31)24-18(4)12-16(2)22(14-28-33)20(24)6;1-11-9-12(2)16(13(3)14(11)10-19-23)15(21)5-4-7-20-8-6-18-17(20)22;1-10-8-11(2)14(12(3)13(10)9-18-21)16-4-6-19-7-5-17-15(19)20;1-10-8-11(2)14(12(3)13(10)9-17-20)21-7-6-18-5-4-16-15(18)19;1-19-12-8-10(9-15-18)2-3-11(12)20-7-6-16-5-4-14-13(16)17/h11-12H,7-10H2,1-6H3,(H-,26,31,32);9H,4-8H2,1-3H3,(H,18,22);8,16H,4-7H2,1-3H3,(H,17,20);8H,4-7H2,1-3H3,(H,16,19);2-3,8H,4-7H2,1H3,(H,14,17)/p+1. The van der Waals surface area contributed by atoms with E-state index >= 15 is 0 Å². The molecule has 11 rings (SSSR count). The van der Waals surface area contributed by atoms with Crippen LogP contribution in [-0.2, 0) is 0 Å². The zero-order valence-electron chi connectivity index (χ0n) is 70.0.